The van der Waals surface area contributed by atoms with Crippen molar-refractivity contribution in [2.75, 3.05) is 4.90 Å². The van der Waals surface area contributed by atoms with Gasteiger partial charge in [-0.1, -0.05) is 170 Å². The van der Waals surface area contributed by atoms with E-state index in [9.17, 15) is 0 Å². The normalized spacial score (nSPS) is 11.3. The molecule has 11 aromatic rings. The largest absolute Gasteiger partial charge is 0.310 e. The van der Waals surface area contributed by atoms with E-state index < -0.39 is 0 Å². The number of aromatic nitrogens is 1. The zero-order valence-corrected chi connectivity index (χ0v) is 33.0. The van der Waals surface area contributed by atoms with Crippen LogP contribution < -0.4 is 4.90 Å². The minimum absolute atomic E-state index is 1.09. The van der Waals surface area contributed by atoms with Gasteiger partial charge in [0.15, 0.2) is 0 Å². The Kier molecular flexibility index (Phi) is 8.87. The molecule has 0 amide bonds. The fraction of sp³-hybridized carbons (Fsp3) is 0. The van der Waals surface area contributed by atoms with Gasteiger partial charge in [0, 0.05) is 33.5 Å². The van der Waals surface area contributed by atoms with Gasteiger partial charge in [-0.3, -0.25) is 0 Å². The maximum atomic E-state index is 2.40. The van der Waals surface area contributed by atoms with Gasteiger partial charge in [-0.2, -0.15) is 0 Å². The predicted octanol–water partition coefficient (Wildman–Crippen LogP) is 16.1. The smallest absolute Gasteiger partial charge is 0.0547 e. The highest BCUT2D eigenvalue weighted by Gasteiger charge is 2.16. The number of hydrogen-bond donors (Lipinski definition) is 0. The summed E-state index contributed by atoms with van der Waals surface area (Å²) in [6, 6.07) is 87.8. The minimum atomic E-state index is 1.09. The van der Waals surface area contributed by atoms with Crippen molar-refractivity contribution in [1.82, 2.24) is 4.57 Å². The van der Waals surface area contributed by atoms with Crippen LogP contribution in [0.2, 0.25) is 0 Å². The lowest BCUT2D eigenvalue weighted by atomic mass is 9.98. The summed E-state index contributed by atoms with van der Waals surface area (Å²) in [6.07, 6.45) is 0. The molecule has 0 atom stereocenters. The Bertz CT molecular complexity index is 3270. The molecule has 1 heterocycles. The molecule has 11 rings (SSSR count). The van der Waals surface area contributed by atoms with Crippen molar-refractivity contribution in [3.05, 3.63) is 243 Å². The van der Waals surface area contributed by atoms with Gasteiger partial charge >= 0.3 is 0 Å². The number of fused-ring (bicyclic) bond motifs is 4. The van der Waals surface area contributed by atoms with E-state index in [0.717, 1.165) is 28.3 Å². The lowest BCUT2D eigenvalue weighted by Gasteiger charge is -2.26. The fourth-order valence-electron chi connectivity index (χ4n) is 8.75. The summed E-state index contributed by atoms with van der Waals surface area (Å²) < 4.78 is 2.40. The summed E-state index contributed by atoms with van der Waals surface area (Å²) in [4.78, 5) is 2.36. The van der Waals surface area contributed by atoms with Crippen LogP contribution in [0.5, 0.6) is 0 Å². The second kappa shape index (κ2) is 15.1. The van der Waals surface area contributed by atoms with Gasteiger partial charge in [-0.15, -0.1) is 0 Å². The monoisotopic (exact) mass is 764 g/mol. The van der Waals surface area contributed by atoms with Gasteiger partial charge in [0.1, 0.15) is 0 Å². The van der Waals surface area contributed by atoms with Crippen LogP contribution in [0.3, 0.4) is 0 Å². The molecule has 0 aliphatic heterocycles. The van der Waals surface area contributed by atoms with Gasteiger partial charge in [-0.25, -0.2) is 0 Å². The molecule has 60 heavy (non-hydrogen) atoms. The van der Waals surface area contributed by atoms with E-state index in [1.54, 1.807) is 0 Å². The van der Waals surface area contributed by atoms with Crippen LogP contribution in [0.15, 0.2) is 243 Å². The predicted molar refractivity (Wildman–Crippen MR) is 255 cm³/mol. The van der Waals surface area contributed by atoms with Crippen LogP contribution in [0, 0.1) is 0 Å². The first-order chi connectivity index (χ1) is 29.7. The number of nitrogens with zero attached hydrogens (tertiary/aromatic N) is 2. The lowest BCUT2D eigenvalue weighted by molar-refractivity contribution is 1.18. The van der Waals surface area contributed by atoms with E-state index in [0.29, 0.717) is 0 Å². The molecule has 0 aliphatic rings. The Morgan fingerprint density at radius 1 is 0.250 bits per heavy atom. The van der Waals surface area contributed by atoms with Crippen molar-refractivity contribution in [2.45, 2.75) is 0 Å². The van der Waals surface area contributed by atoms with Crippen molar-refractivity contribution in [2.24, 2.45) is 0 Å². The molecule has 0 unspecified atom stereocenters. The topological polar surface area (TPSA) is 8.17 Å². The molecule has 2 heteroatoms. The summed E-state index contributed by atoms with van der Waals surface area (Å²) in [7, 11) is 0. The SMILES string of the molecule is c1ccc(-c2ccc(N(c3ccc(-c4cccc(-c5ccccc5)c4)cc3)c3cccc(-c4ccc(-n5c6ccccc6c6cc7ccccc7cc65)cc4)c3)cc2)cc1. The molecule has 0 saturated heterocycles. The van der Waals surface area contributed by atoms with Crippen molar-refractivity contribution in [1.29, 1.82) is 0 Å². The molecule has 0 aliphatic carbocycles. The van der Waals surface area contributed by atoms with E-state index in [4.69, 9.17) is 0 Å². The summed E-state index contributed by atoms with van der Waals surface area (Å²) in [6.45, 7) is 0. The van der Waals surface area contributed by atoms with E-state index in [1.165, 1.54) is 71.5 Å². The standard InChI is InChI=1S/C58H40N2/c1-3-13-41(14-4-1)43-25-31-51(32-26-43)59(52-33-27-44(28-34-52)47-20-11-19-46(37-47)42-15-5-2-6-16-42)54-22-12-21-48(38-54)45-29-35-53(36-30-45)60-57-24-10-9-23-55(57)56-39-49-17-7-8-18-50(49)40-58(56)60/h1-40H. The Morgan fingerprint density at radius 2 is 0.700 bits per heavy atom. The highest BCUT2D eigenvalue weighted by Crippen LogP contribution is 2.40. The van der Waals surface area contributed by atoms with Crippen LogP contribution in [-0.4, -0.2) is 4.57 Å². The fourth-order valence-corrected chi connectivity index (χ4v) is 8.75. The summed E-state index contributed by atoms with van der Waals surface area (Å²) in [5, 5.41) is 5.04. The third kappa shape index (κ3) is 6.51. The van der Waals surface area contributed by atoms with E-state index in [2.05, 4.69) is 252 Å². The first-order valence-corrected chi connectivity index (χ1v) is 20.6. The minimum Gasteiger partial charge on any atom is -0.310 e. The van der Waals surface area contributed by atoms with Gasteiger partial charge < -0.3 is 9.47 Å². The van der Waals surface area contributed by atoms with E-state index in [-0.39, 0.29) is 0 Å². The van der Waals surface area contributed by atoms with Crippen LogP contribution >= 0.6 is 0 Å². The van der Waals surface area contributed by atoms with Crippen molar-refractivity contribution in [3.8, 4) is 50.2 Å². The molecule has 0 bridgehead atoms. The highest BCUT2D eigenvalue weighted by molar-refractivity contribution is 6.13. The third-order valence-corrected chi connectivity index (χ3v) is 11.8. The van der Waals surface area contributed by atoms with Gasteiger partial charge in [0.05, 0.1) is 11.0 Å². The zero-order chi connectivity index (χ0) is 39.8. The maximum absolute atomic E-state index is 2.40. The Balaban J connectivity index is 0.964. The molecule has 0 saturated carbocycles. The van der Waals surface area contributed by atoms with E-state index in [1.807, 2.05) is 0 Å². The highest BCUT2D eigenvalue weighted by atomic mass is 15.1. The Labute approximate surface area is 350 Å². The van der Waals surface area contributed by atoms with Gasteiger partial charge in [-0.05, 0) is 128 Å². The molecule has 0 spiro atoms. The van der Waals surface area contributed by atoms with Crippen LogP contribution in [0.25, 0.3) is 82.8 Å². The Morgan fingerprint density at radius 3 is 1.33 bits per heavy atom. The summed E-state index contributed by atoms with van der Waals surface area (Å²) in [5.74, 6) is 0. The number of anilines is 3. The van der Waals surface area contributed by atoms with Crippen LogP contribution in [-0.2, 0) is 0 Å². The molecule has 10 aromatic carbocycles. The average Bonchev–Trinajstić information content (AvgIpc) is 3.65. The third-order valence-electron chi connectivity index (χ3n) is 11.8. The first-order valence-electron chi connectivity index (χ1n) is 20.6. The van der Waals surface area contributed by atoms with Crippen LogP contribution in [0.4, 0.5) is 17.1 Å². The quantitative estimate of drug-likeness (QED) is 0.150. The zero-order valence-electron chi connectivity index (χ0n) is 33.0. The molecular weight excluding hydrogens is 725 g/mol. The molecule has 2 nitrogen and oxygen atoms in total. The summed E-state index contributed by atoms with van der Waals surface area (Å²) >= 11 is 0. The molecule has 1 aromatic heterocycles. The number of benzene rings is 10. The van der Waals surface area contributed by atoms with E-state index >= 15 is 0 Å². The van der Waals surface area contributed by atoms with Gasteiger partial charge in [0.25, 0.3) is 0 Å². The molecule has 0 radical (unpaired) electrons. The Hall–Kier alpha value is -7.94. The first kappa shape index (κ1) is 35.2. The number of hydrogen-bond acceptors (Lipinski definition) is 1. The second-order valence-corrected chi connectivity index (χ2v) is 15.4. The van der Waals surface area contributed by atoms with Crippen molar-refractivity contribution >= 4 is 49.6 Å². The van der Waals surface area contributed by atoms with Crippen LogP contribution in [0.1, 0.15) is 0 Å². The molecule has 282 valence electrons. The van der Waals surface area contributed by atoms with Crippen molar-refractivity contribution < 1.29 is 0 Å². The van der Waals surface area contributed by atoms with Crippen molar-refractivity contribution in [3.63, 3.8) is 0 Å². The summed E-state index contributed by atoms with van der Waals surface area (Å²) in [5.41, 5.74) is 16.4. The number of para-hydroxylation sites is 1. The molecule has 0 N–H and O–H groups in total. The second-order valence-electron chi connectivity index (χ2n) is 15.4. The molecular formula is C58H40N2. The average molecular weight is 765 g/mol. The molecule has 0 fully saturated rings. The van der Waals surface area contributed by atoms with Gasteiger partial charge in [0.2, 0.25) is 0 Å². The lowest BCUT2D eigenvalue weighted by Crippen LogP contribution is -2.10. The number of rotatable bonds is 8. The maximum Gasteiger partial charge on any atom is 0.0547 e.